The molecule has 1 N–H and O–H groups in total. The monoisotopic (exact) mass is 476 g/mol. The number of nitrogens with zero attached hydrogens (tertiary/aromatic N) is 4. The van der Waals surface area contributed by atoms with Gasteiger partial charge >= 0.3 is 5.97 Å². The van der Waals surface area contributed by atoms with Crippen molar-refractivity contribution in [2.24, 2.45) is 0 Å². The number of thioether (sulfide) groups is 1. The van der Waals surface area contributed by atoms with E-state index in [9.17, 15) is 9.59 Å². The number of thiazole rings is 1. The van der Waals surface area contributed by atoms with Gasteiger partial charge in [-0.3, -0.25) is 9.69 Å². The van der Waals surface area contributed by atoms with Crippen molar-refractivity contribution in [1.29, 1.82) is 0 Å². The maximum Gasteiger partial charge on any atom is 0.355 e. The van der Waals surface area contributed by atoms with E-state index >= 15 is 0 Å². The zero-order chi connectivity index (χ0) is 22.5. The SMILES string of the molecule is COc1ccc(N2CCN(CC3CCC(=O)N3CCSc3nc(C(=O)O)cs3)CC2)cc1. The van der Waals surface area contributed by atoms with E-state index in [2.05, 4.69) is 26.9 Å². The molecular weight excluding hydrogens is 448 g/mol. The van der Waals surface area contributed by atoms with Gasteiger partial charge in [-0.25, -0.2) is 9.78 Å². The Kier molecular flexibility index (Phi) is 7.54. The van der Waals surface area contributed by atoms with Crippen LogP contribution in [0.25, 0.3) is 0 Å². The topological polar surface area (TPSA) is 86.2 Å². The van der Waals surface area contributed by atoms with Gasteiger partial charge in [-0.15, -0.1) is 11.3 Å². The molecule has 1 atom stereocenters. The predicted octanol–water partition coefficient (Wildman–Crippen LogP) is 2.76. The molecule has 2 aliphatic heterocycles. The highest BCUT2D eigenvalue weighted by Crippen LogP contribution is 2.26. The Hall–Kier alpha value is -2.30. The van der Waals surface area contributed by atoms with Crippen LogP contribution in [0.5, 0.6) is 5.75 Å². The molecule has 172 valence electrons. The molecule has 2 aromatic rings. The van der Waals surface area contributed by atoms with Crippen molar-refractivity contribution in [3.05, 3.63) is 35.3 Å². The molecule has 10 heteroatoms. The van der Waals surface area contributed by atoms with Crippen molar-refractivity contribution in [3.63, 3.8) is 0 Å². The summed E-state index contributed by atoms with van der Waals surface area (Å²) in [4.78, 5) is 34.4. The first-order valence-corrected chi connectivity index (χ1v) is 12.6. The van der Waals surface area contributed by atoms with Gasteiger partial charge in [-0.05, 0) is 30.7 Å². The Bertz CT molecular complexity index is 928. The Morgan fingerprint density at radius 1 is 1.25 bits per heavy atom. The summed E-state index contributed by atoms with van der Waals surface area (Å²) in [5, 5.41) is 10.5. The van der Waals surface area contributed by atoms with E-state index in [-0.39, 0.29) is 17.6 Å². The highest BCUT2D eigenvalue weighted by molar-refractivity contribution is 8.01. The first-order chi connectivity index (χ1) is 15.5. The van der Waals surface area contributed by atoms with E-state index in [1.165, 1.54) is 28.8 Å². The zero-order valence-corrected chi connectivity index (χ0v) is 19.7. The molecular formula is C22H28N4O4S2. The number of carbonyl (C=O) groups excluding carboxylic acids is 1. The number of carboxylic acid groups (broad SMARTS) is 1. The van der Waals surface area contributed by atoms with E-state index in [1.807, 2.05) is 17.0 Å². The number of hydrogen-bond acceptors (Lipinski definition) is 8. The molecule has 2 fully saturated rings. The second kappa shape index (κ2) is 10.5. The van der Waals surface area contributed by atoms with E-state index in [1.54, 1.807) is 12.5 Å². The van der Waals surface area contributed by atoms with Gasteiger partial charge in [0.1, 0.15) is 5.75 Å². The Morgan fingerprint density at radius 2 is 2.00 bits per heavy atom. The third kappa shape index (κ3) is 5.54. The van der Waals surface area contributed by atoms with Crippen molar-refractivity contribution >= 4 is 40.7 Å². The molecule has 0 radical (unpaired) electrons. The number of hydrogen-bond donors (Lipinski definition) is 1. The molecule has 1 aromatic heterocycles. The lowest BCUT2D eigenvalue weighted by Gasteiger charge is -2.38. The summed E-state index contributed by atoms with van der Waals surface area (Å²) >= 11 is 2.86. The predicted molar refractivity (Wildman–Crippen MR) is 126 cm³/mol. The average molecular weight is 477 g/mol. The van der Waals surface area contributed by atoms with Crippen molar-refractivity contribution in [2.75, 3.05) is 57.0 Å². The minimum absolute atomic E-state index is 0.0846. The molecule has 1 aromatic carbocycles. The van der Waals surface area contributed by atoms with Crippen LogP contribution >= 0.6 is 23.1 Å². The number of piperazine rings is 1. The van der Waals surface area contributed by atoms with Crippen molar-refractivity contribution < 1.29 is 19.4 Å². The first kappa shape index (κ1) is 22.9. The first-order valence-electron chi connectivity index (χ1n) is 10.8. The van der Waals surface area contributed by atoms with Gasteiger partial charge in [0.2, 0.25) is 5.91 Å². The molecule has 0 saturated carbocycles. The molecule has 0 aliphatic carbocycles. The van der Waals surface area contributed by atoms with E-state index in [0.29, 0.717) is 13.0 Å². The van der Waals surface area contributed by atoms with Crippen LogP contribution in [0, 0.1) is 0 Å². The number of methoxy groups -OCH3 is 1. The summed E-state index contributed by atoms with van der Waals surface area (Å²) in [7, 11) is 1.68. The number of carbonyl (C=O) groups is 2. The second-order valence-electron chi connectivity index (χ2n) is 7.92. The van der Waals surface area contributed by atoms with Crippen LogP contribution in [-0.2, 0) is 4.79 Å². The Balaban J connectivity index is 1.24. The lowest BCUT2D eigenvalue weighted by atomic mass is 10.1. The largest absolute Gasteiger partial charge is 0.497 e. The van der Waals surface area contributed by atoms with Crippen molar-refractivity contribution in [2.45, 2.75) is 23.2 Å². The lowest BCUT2D eigenvalue weighted by Crippen LogP contribution is -2.51. The molecule has 2 aliphatic rings. The zero-order valence-electron chi connectivity index (χ0n) is 18.1. The molecule has 0 bridgehead atoms. The molecule has 1 unspecified atom stereocenters. The number of aromatic nitrogens is 1. The van der Waals surface area contributed by atoms with Crippen molar-refractivity contribution in [1.82, 2.24) is 14.8 Å². The minimum atomic E-state index is -1.00. The minimum Gasteiger partial charge on any atom is -0.497 e. The van der Waals surface area contributed by atoms with Gasteiger partial charge < -0.3 is 19.6 Å². The maximum atomic E-state index is 12.4. The molecule has 1 amide bonds. The number of benzene rings is 1. The number of anilines is 1. The summed E-state index contributed by atoms with van der Waals surface area (Å²) < 4.78 is 5.98. The normalized spacial score (nSPS) is 19.5. The van der Waals surface area contributed by atoms with Gasteiger partial charge in [0.05, 0.1) is 7.11 Å². The van der Waals surface area contributed by atoms with Crippen LogP contribution in [0.2, 0.25) is 0 Å². The van der Waals surface area contributed by atoms with E-state index < -0.39 is 5.97 Å². The number of likely N-dealkylation sites (tertiary alicyclic amines) is 1. The lowest BCUT2D eigenvalue weighted by molar-refractivity contribution is -0.128. The molecule has 0 spiro atoms. The highest BCUT2D eigenvalue weighted by Gasteiger charge is 2.32. The fourth-order valence-electron chi connectivity index (χ4n) is 4.22. The number of amides is 1. The van der Waals surface area contributed by atoms with Crippen LogP contribution in [-0.4, -0.2) is 89.9 Å². The number of carboxylic acids is 1. The molecule has 32 heavy (non-hydrogen) atoms. The van der Waals surface area contributed by atoms with Crippen molar-refractivity contribution in [3.8, 4) is 5.75 Å². The number of aromatic carboxylic acids is 1. The fraction of sp³-hybridized carbons (Fsp3) is 0.500. The van der Waals surface area contributed by atoms with E-state index in [4.69, 9.17) is 9.84 Å². The quantitative estimate of drug-likeness (QED) is 0.553. The van der Waals surface area contributed by atoms with Gasteiger partial charge in [-0.2, -0.15) is 0 Å². The van der Waals surface area contributed by atoms with Crippen LogP contribution in [0.3, 0.4) is 0 Å². The van der Waals surface area contributed by atoms with E-state index in [0.717, 1.165) is 55.0 Å². The van der Waals surface area contributed by atoms with Crippen LogP contribution in [0.15, 0.2) is 34.0 Å². The van der Waals surface area contributed by atoms with Gasteiger partial charge in [0.25, 0.3) is 0 Å². The Morgan fingerprint density at radius 3 is 2.66 bits per heavy atom. The fourth-order valence-corrected chi connectivity index (χ4v) is 6.03. The van der Waals surface area contributed by atoms with Gasteiger partial charge in [0, 0.05) is 68.6 Å². The molecule has 3 heterocycles. The average Bonchev–Trinajstić information content (AvgIpc) is 3.42. The van der Waals surface area contributed by atoms with Crippen LogP contribution in [0.1, 0.15) is 23.3 Å². The summed E-state index contributed by atoms with van der Waals surface area (Å²) in [6.45, 7) is 5.49. The number of ether oxygens (including phenoxy) is 1. The van der Waals surface area contributed by atoms with Gasteiger partial charge in [-0.1, -0.05) is 11.8 Å². The van der Waals surface area contributed by atoms with Gasteiger partial charge in [0.15, 0.2) is 10.0 Å². The van der Waals surface area contributed by atoms with Crippen LogP contribution < -0.4 is 9.64 Å². The molecule has 4 rings (SSSR count). The summed E-state index contributed by atoms with van der Waals surface area (Å²) in [5.41, 5.74) is 1.30. The maximum absolute atomic E-state index is 12.4. The van der Waals surface area contributed by atoms with Crippen LogP contribution in [0.4, 0.5) is 5.69 Å². The third-order valence-electron chi connectivity index (χ3n) is 5.99. The summed E-state index contributed by atoms with van der Waals surface area (Å²) in [6.07, 6.45) is 1.52. The smallest absolute Gasteiger partial charge is 0.355 e. The Labute approximate surface area is 196 Å². The third-order valence-corrected chi connectivity index (χ3v) is 7.99. The molecule has 8 nitrogen and oxygen atoms in total. The standard InChI is InChI=1S/C22H28N4O4S2/c1-30-18-5-2-16(3-6-18)25-10-8-24(9-11-25)14-17-4-7-20(27)26(17)12-13-31-22-23-19(15-32-22)21(28)29/h2-3,5-6,15,17H,4,7-14H2,1H3,(H,28,29). The summed E-state index contributed by atoms with van der Waals surface area (Å²) in [6, 6.07) is 8.45. The number of rotatable bonds is 9. The highest BCUT2D eigenvalue weighted by atomic mass is 32.2. The molecule has 2 saturated heterocycles. The second-order valence-corrected chi connectivity index (χ2v) is 10.1. The summed E-state index contributed by atoms with van der Waals surface area (Å²) in [5.74, 6) is 0.807.